The van der Waals surface area contributed by atoms with Crippen LogP contribution in [0.2, 0.25) is 10.0 Å². The summed E-state index contributed by atoms with van der Waals surface area (Å²) in [6, 6.07) is 6.09. The van der Waals surface area contributed by atoms with E-state index in [4.69, 9.17) is 27.9 Å². The fourth-order valence-electron chi connectivity index (χ4n) is 1.95. The lowest BCUT2D eigenvalue weighted by molar-refractivity contribution is 0.0232. The van der Waals surface area contributed by atoms with Gasteiger partial charge in [-0.25, -0.2) is 0 Å². The first-order valence-electron chi connectivity index (χ1n) is 5.48. The average molecular weight is 260 g/mol. The lowest BCUT2D eigenvalue weighted by Crippen LogP contribution is -2.32. The van der Waals surface area contributed by atoms with Crippen LogP contribution in [-0.2, 0) is 4.74 Å². The van der Waals surface area contributed by atoms with Crippen LogP contribution in [0.1, 0.15) is 19.8 Å². The SMILES string of the molecule is CC1CC(Nc2ccc(Cl)c(Cl)c2)CCO1. The number of halogens is 2. The monoisotopic (exact) mass is 259 g/mol. The van der Waals surface area contributed by atoms with Crippen molar-refractivity contribution >= 4 is 28.9 Å². The zero-order valence-electron chi connectivity index (χ0n) is 9.17. The Morgan fingerprint density at radius 1 is 1.31 bits per heavy atom. The molecule has 2 nitrogen and oxygen atoms in total. The van der Waals surface area contributed by atoms with Gasteiger partial charge in [0, 0.05) is 18.3 Å². The number of anilines is 1. The van der Waals surface area contributed by atoms with Crippen molar-refractivity contribution in [3.8, 4) is 0 Å². The quantitative estimate of drug-likeness (QED) is 0.868. The summed E-state index contributed by atoms with van der Waals surface area (Å²) < 4.78 is 5.50. The lowest BCUT2D eigenvalue weighted by Gasteiger charge is -2.28. The molecule has 88 valence electrons. The van der Waals surface area contributed by atoms with Gasteiger partial charge in [0.1, 0.15) is 0 Å². The average Bonchev–Trinajstić information content (AvgIpc) is 2.24. The molecule has 1 N–H and O–H groups in total. The van der Waals surface area contributed by atoms with E-state index in [9.17, 15) is 0 Å². The van der Waals surface area contributed by atoms with Crippen LogP contribution in [0.3, 0.4) is 0 Å². The van der Waals surface area contributed by atoms with Crippen molar-refractivity contribution in [3.63, 3.8) is 0 Å². The molecule has 2 rings (SSSR count). The predicted octanol–water partition coefficient (Wildman–Crippen LogP) is 3.97. The molecule has 2 unspecified atom stereocenters. The predicted molar refractivity (Wildman–Crippen MR) is 68.5 cm³/mol. The van der Waals surface area contributed by atoms with E-state index in [0.29, 0.717) is 22.2 Å². The molecule has 1 aromatic carbocycles. The van der Waals surface area contributed by atoms with Crippen molar-refractivity contribution in [2.45, 2.75) is 31.9 Å². The molecule has 0 aliphatic carbocycles. The Kier molecular flexibility index (Phi) is 3.95. The minimum Gasteiger partial charge on any atom is -0.382 e. The Balaban J connectivity index is 2.00. The highest BCUT2D eigenvalue weighted by atomic mass is 35.5. The van der Waals surface area contributed by atoms with Crippen molar-refractivity contribution in [2.75, 3.05) is 11.9 Å². The van der Waals surface area contributed by atoms with Crippen molar-refractivity contribution in [2.24, 2.45) is 0 Å². The van der Waals surface area contributed by atoms with Gasteiger partial charge in [-0.1, -0.05) is 23.2 Å². The lowest BCUT2D eigenvalue weighted by atomic mass is 10.0. The molecule has 1 aromatic rings. The van der Waals surface area contributed by atoms with Crippen molar-refractivity contribution in [1.82, 2.24) is 0 Å². The van der Waals surface area contributed by atoms with Crippen molar-refractivity contribution in [3.05, 3.63) is 28.2 Å². The Hall–Kier alpha value is -0.440. The maximum Gasteiger partial charge on any atom is 0.0612 e. The molecule has 0 amide bonds. The van der Waals surface area contributed by atoms with Crippen LogP contribution < -0.4 is 5.32 Å². The Morgan fingerprint density at radius 3 is 2.81 bits per heavy atom. The summed E-state index contributed by atoms with van der Waals surface area (Å²) in [6.45, 7) is 2.92. The van der Waals surface area contributed by atoms with Crippen LogP contribution in [0.5, 0.6) is 0 Å². The Morgan fingerprint density at radius 2 is 2.12 bits per heavy atom. The first kappa shape index (κ1) is 12.0. The molecule has 4 heteroatoms. The topological polar surface area (TPSA) is 21.3 Å². The zero-order chi connectivity index (χ0) is 11.5. The molecule has 0 saturated carbocycles. The second kappa shape index (κ2) is 5.26. The maximum absolute atomic E-state index is 5.96. The Labute approximate surface area is 106 Å². The third kappa shape index (κ3) is 3.03. The van der Waals surface area contributed by atoms with Crippen LogP contribution in [0.25, 0.3) is 0 Å². The van der Waals surface area contributed by atoms with E-state index in [0.717, 1.165) is 25.1 Å². The van der Waals surface area contributed by atoms with Crippen LogP contribution in [-0.4, -0.2) is 18.8 Å². The summed E-state index contributed by atoms with van der Waals surface area (Å²) in [5.41, 5.74) is 1.02. The highest BCUT2D eigenvalue weighted by molar-refractivity contribution is 6.42. The van der Waals surface area contributed by atoms with E-state index in [1.165, 1.54) is 0 Å². The molecule has 0 bridgehead atoms. The van der Waals surface area contributed by atoms with Gasteiger partial charge in [-0.05, 0) is 38.0 Å². The van der Waals surface area contributed by atoms with Gasteiger partial charge in [0.15, 0.2) is 0 Å². The van der Waals surface area contributed by atoms with E-state index in [1.807, 2.05) is 18.2 Å². The molecule has 0 aromatic heterocycles. The first-order chi connectivity index (χ1) is 7.65. The smallest absolute Gasteiger partial charge is 0.0612 e. The molecule has 1 fully saturated rings. The second-order valence-corrected chi connectivity index (χ2v) is 4.99. The van der Waals surface area contributed by atoms with Crippen LogP contribution in [0.4, 0.5) is 5.69 Å². The molecule has 1 saturated heterocycles. The number of benzene rings is 1. The fraction of sp³-hybridized carbons (Fsp3) is 0.500. The number of rotatable bonds is 2. The third-order valence-electron chi connectivity index (χ3n) is 2.78. The van der Waals surface area contributed by atoms with E-state index in [-0.39, 0.29) is 0 Å². The van der Waals surface area contributed by atoms with Gasteiger partial charge in [0.2, 0.25) is 0 Å². The van der Waals surface area contributed by atoms with Gasteiger partial charge in [-0.15, -0.1) is 0 Å². The minimum atomic E-state index is 0.328. The molecule has 16 heavy (non-hydrogen) atoms. The third-order valence-corrected chi connectivity index (χ3v) is 3.51. The number of hydrogen-bond acceptors (Lipinski definition) is 2. The number of hydrogen-bond donors (Lipinski definition) is 1. The molecule has 1 aliphatic heterocycles. The van der Waals surface area contributed by atoms with Crippen molar-refractivity contribution in [1.29, 1.82) is 0 Å². The molecule has 0 radical (unpaired) electrons. The van der Waals surface area contributed by atoms with E-state index < -0.39 is 0 Å². The maximum atomic E-state index is 5.96. The molecular weight excluding hydrogens is 245 g/mol. The van der Waals surface area contributed by atoms with Gasteiger partial charge in [-0.3, -0.25) is 0 Å². The Bertz CT molecular complexity index is 370. The summed E-state index contributed by atoms with van der Waals surface area (Å²) in [5, 5.41) is 4.64. The molecular formula is C12H15Cl2NO. The normalized spacial score (nSPS) is 25.4. The summed E-state index contributed by atoms with van der Waals surface area (Å²) in [7, 11) is 0. The molecule has 1 heterocycles. The number of ether oxygens (including phenoxy) is 1. The highest BCUT2D eigenvalue weighted by Crippen LogP contribution is 2.26. The summed E-state index contributed by atoms with van der Waals surface area (Å²) in [5.74, 6) is 0. The summed E-state index contributed by atoms with van der Waals surface area (Å²) in [4.78, 5) is 0. The van der Waals surface area contributed by atoms with Gasteiger partial charge in [0.05, 0.1) is 16.1 Å². The van der Waals surface area contributed by atoms with Crippen LogP contribution in [0, 0.1) is 0 Å². The summed E-state index contributed by atoms with van der Waals surface area (Å²) in [6.07, 6.45) is 2.39. The van der Waals surface area contributed by atoms with Gasteiger partial charge in [-0.2, -0.15) is 0 Å². The standard InChI is InChI=1S/C12H15Cl2NO/c1-8-6-10(4-5-16-8)15-9-2-3-11(13)12(14)7-9/h2-3,7-8,10,15H,4-6H2,1H3. The van der Waals surface area contributed by atoms with Gasteiger partial charge in [0.25, 0.3) is 0 Å². The van der Waals surface area contributed by atoms with Gasteiger partial charge >= 0.3 is 0 Å². The molecule has 2 atom stereocenters. The van der Waals surface area contributed by atoms with Crippen LogP contribution >= 0.6 is 23.2 Å². The largest absolute Gasteiger partial charge is 0.382 e. The van der Waals surface area contributed by atoms with E-state index in [2.05, 4.69) is 12.2 Å². The molecule has 1 aliphatic rings. The fourth-order valence-corrected chi connectivity index (χ4v) is 2.25. The second-order valence-electron chi connectivity index (χ2n) is 4.18. The number of nitrogens with one attached hydrogen (secondary N) is 1. The van der Waals surface area contributed by atoms with Crippen LogP contribution in [0.15, 0.2) is 18.2 Å². The van der Waals surface area contributed by atoms with Crippen molar-refractivity contribution < 1.29 is 4.74 Å². The van der Waals surface area contributed by atoms with E-state index in [1.54, 1.807) is 0 Å². The molecule has 0 spiro atoms. The summed E-state index contributed by atoms with van der Waals surface area (Å²) >= 11 is 11.8. The zero-order valence-corrected chi connectivity index (χ0v) is 10.7. The highest BCUT2D eigenvalue weighted by Gasteiger charge is 2.19. The van der Waals surface area contributed by atoms with E-state index >= 15 is 0 Å². The first-order valence-corrected chi connectivity index (χ1v) is 6.24. The van der Waals surface area contributed by atoms with Gasteiger partial charge < -0.3 is 10.1 Å². The minimum absolute atomic E-state index is 0.328.